The zero-order valence-corrected chi connectivity index (χ0v) is 11.3. The summed E-state index contributed by atoms with van der Waals surface area (Å²) in [6, 6.07) is 3.65. The Balaban J connectivity index is 2.38. The van der Waals surface area contributed by atoms with Crippen LogP contribution in [0, 0.1) is 0 Å². The van der Waals surface area contributed by atoms with E-state index in [9.17, 15) is 4.79 Å². The van der Waals surface area contributed by atoms with Gasteiger partial charge in [0.25, 0.3) is 5.91 Å². The minimum Gasteiger partial charge on any atom is -0.384 e. The fourth-order valence-corrected chi connectivity index (χ4v) is 1.57. The van der Waals surface area contributed by atoms with Crippen LogP contribution in [-0.4, -0.2) is 24.0 Å². The van der Waals surface area contributed by atoms with E-state index in [4.69, 9.17) is 0 Å². The minimum absolute atomic E-state index is 0.0897. The summed E-state index contributed by atoms with van der Waals surface area (Å²) in [5.41, 5.74) is 1.44. The molecule has 0 aliphatic carbocycles. The maximum absolute atomic E-state index is 11.7. The third-order valence-electron chi connectivity index (χ3n) is 2.64. The first-order valence-corrected chi connectivity index (χ1v) is 6.76. The van der Waals surface area contributed by atoms with E-state index in [2.05, 4.69) is 29.5 Å². The molecule has 0 saturated heterocycles. The van der Waals surface area contributed by atoms with Gasteiger partial charge in [-0.3, -0.25) is 4.79 Å². The van der Waals surface area contributed by atoms with Crippen molar-refractivity contribution >= 4 is 11.6 Å². The molecule has 0 saturated carbocycles. The number of carbonyl (C=O) groups is 1. The number of carbonyl (C=O) groups excluding carboxylic acids is 1. The zero-order valence-electron chi connectivity index (χ0n) is 11.3. The van der Waals surface area contributed by atoms with E-state index in [-0.39, 0.29) is 5.91 Å². The van der Waals surface area contributed by atoms with Gasteiger partial charge in [0.1, 0.15) is 5.69 Å². The Morgan fingerprint density at radius 3 is 2.61 bits per heavy atom. The fourth-order valence-electron chi connectivity index (χ4n) is 1.57. The van der Waals surface area contributed by atoms with Crippen molar-refractivity contribution in [1.82, 2.24) is 10.3 Å². The van der Waals surface area contributed by atoms with Crippen LogP contribution in [0.3, 0.4) is 0 Å². The molecule has 2 N–H and O–H groups in total. The van der Waals surface area contributed by atoms with E-state index < -0.39 is 0 Å². The number of anilines is 1. The SMILES string of the molecule is CCCCCNC(=O)c1ccc(NCCC)cn1. The normalized spacial score (nSPS) is 10.1. The number of amides is 1. The molecule has 0 radical (unpaired) electrons. The van der Waals surface area contributed by atoms with Crippen molar-refractivity contribution in [1.29, 1.82) is 0 Å². The molecule has 0 fully saturated rings. The summed E-state index contributed by atoms with van der Waals surface area (Å²) < 4.78 is 0. The van der Waals surface area contributed by atoms with Crippen LogP contribution in [0.2, 0.25) is 0 Å². The van der Waals surface area contributed by atoms with Crippen LogP contribution < -0.4 is 10.6 Å². The number of unbranched alkanes of at least 4 members (excludes halogenated alkanes) is 2. The molecule has 100 valence electrons. The van der Waals surface area contributed by atoms with Crippen LogP contribution >= 0.6 is 0 Å². The molecule has 4 nitrogen and oxygen atoms in total. The lowest BCUT2D eigenvalue weighted by Gasteiger charge is -2.06. The van der Waals surface area contributed by atoms with E-state index in [0.717, 1.165) is 44.5 Å². The molecule has 1 rings (SSSR count). The maximum atomic E-state index is 11.7. The first-order valence-electron chi connectivity index (χ1n) is 6.76. The van der Waals surface area contributed by atoms with E-state index in [1.165, 1.54) is 0 Å². The number of nitrogens with one attached hydrogen (secondary N) is 2. The predicted octanol–water partition coefficient (Wildman–Crippen LogP) is 2.82. The summed E-state index contributed by atoms with van der Waals surface area (Å²) >= 11 is 0. The molecule has 0 spiro atoms. The van der Waals surface area contributed by atoms with Gasteiger partial charge in [-0.25, -0.2) is 4.98 Å². The highest BCUT2D eigenvalue weighted by atomic mass is 16.1. The van der Waals surface area contributed by atoms with Gasteiger partial charge in [0.05, 0.1) is 11.9 Å². The van der Waals surface area contributed by atoms with Crippen LogP contribution in [-0.2, 0) is 0 Å². The molecule has 0 aromatic carbocycles. The van der Waals surface area contributed by atoms with Crippen LogP contribution in [0.4, 0.5) is 5.69 Å². The van der Waals surface area contributed by atoms with Crippen LogP contribution in [0.5, 0.6) is 0 Å². The molecule has 0 aliphatic heterocycles. The number of rotatable bonds is 8. The monoisotopic (exact) mass is 249 g/mol. The second-order valence-electron chi connectivity index (χ2n) is 4.32. The van der Waals surface area contributed by atoms with Crippen molar-refractivity contribution in [3.05, 3.63) is 24.0 Å². The second-order valence-corrected chi connectivity index (χ2v) is 4.32. The van der Waals surface area contributed by atoms with Crippen LogP contribution in [0.25, 0.3) is 0 Å². The van der Waals surface area contributed by atoms with Gasteiger partial charge in [-0.1, -0.05) is 26.7 Å². The molecule has 0 bridgehead atoms. The number of nitrogens with zero attached hydrogens (tertiary/aromatic N) is 1. The van der Waals surface area contributed by atoms with Crippen LogP contribution in [0.15, 0.2) is 18.3 Å². The number of pyridine rings is 1. The van der Waals surface area contributed by atoms with E-state index in [1.54, 1.807) is 12.3 Å². The molecule has 18 heavy (non-hydrogen) atoms. The highest BCUT2D eigenvalue weighted by Gasteiger charge is 2.05. The summed E-state index contributed by atoms with van der Waals surface area (Å²) in [5, 5.41) is 6.10. The topological polar surface area (TPSA) is 54.0 Å². The van der Waals surface area contributed by atoms with Crippen molar-refractivity contribution in [3.63, 3.8) is 0 Å². The lowest BCUT2D eigenvalue weighted by atomic mass is 10.2. The Kier molecular flexibility index (Phi) is 6.84. The van der Waals surface area contributed by atoms with Gasteiger partial charge in [-0.05, 0) is 25.0 Å². The van der Waals surface area contributed by atoms with E-state index in [1.807, 2.05) is 6.07 Å². The largest absolute Gasteiger partial charge is 0.384 e. The first kappa shape index (κ1) is 14.5. The van der Waals surface area contributed by atoms with Crippen molar-refractivity contribution < 1.29 is 4.79 Å². The molecule has 1 heterocycles. The van der Waals surface area contributed by atoms with Gasteiger partial charge in [-0.2, -0.15) is 0 Å². The van der Waals surface area contributed by atoms with E-state index >= 15 is 0 Å². The smallest absolute Gasteiger partial charge is 0.269 e. The van der Waals surface area contributed by atoms with Crippen LogP contribution in [0.1, 0.15) is 50.0 Å². The highest BCUT2D eigenvalue weighted by molar-refractivity contribution is 5.92. The predicted molar refractivity (Wildman–Crippen MR) is 74.9 cm³/mol. The molecule has 1 aromatic rings. The quantitative estimate of drug-likeness (QED) is 0.697. The molecule has 4 heteroatoms. The summed E-state index contributed by atoms with van der Waals surface area (Å²) in [4.78, 5) is 15.9. The number of aromatic nitrogens is 1. The minimum atomic E-state index is -0.0897. The van der Waals surface area contributed by atoms with Gasteiger partial charge in [0.15, 0.2) is 0 Å². The molecule has 0 unspecified atom stereocenters. The Morgan fingerprint density at radius 2 is 2.00 bits per heavy atom. The van der Waals surface area contributed by atoms with Crippen molar-refractivity contribution in [3.8, 4) is 0 Å². The lowest BCUT2D eigenvalue weighted by Crippen LogP contribution is -2.25. The average molecular weight is 249 g/mol. The third kappa shape index (κ3) is 5.17. The summed E-state index contributed by atoms with van der Waals surface area (Å²) in [6.07, 6.45) is 6.11. The van der Waals surface area contributed by atoms with Gasteiger partial charge in [0, 0.05) is 13.1 Å². The molecule has 1 amide bonds. The van der Waals surface area contributed by atoms with Gasteiger partial charge in [0.2, 0.25) is 0 Å². The Labute approximate surface area is 109 Å². The Hall–Kier alpha value is -1.58. The Morgan fingerprint density at radius 1 is 1.17 bits per heavy atom. The van der Waals surface area contributed by atoms with Gasteiger partial charge >= 0.3 is 0 Å². The van der Waals surface area contributed by atoms with Gasteiger partial charge < -0.3 is 10.6 Å². The summed E-state index contributed by atoms with van der Waals surface area (Å²) in [6.45, 7) is 5.90. The van der Waals surface area contributed by atoms with Gasteiger partial charge in [-0.15, -0.1) is 0 Å². The zero-order chi connectivity index (χ0) is 13.2. The summed E-state index contributed by atoms with van der Waals surface area (Å²) in [7, 11) is 0. The number of hydrogen-bond acceptors (Lipinski definition) is 3. The van der Waals surface area contributed by atoms with Crippen molar-refractivity contribution in [2.45, 2.75) is 39.5 Å². The highest BCUT2D eigenvalue weighted by Crippen LogP contribution is 2.06. The summed E-state index contributed by atoms with van der Waals surface area (Å²) in [5.74, 6) is -0.0897. The average Bonchev–Trinajstić information content (AvgIpc) is 2.41. The molecular formula is C14H23N3O. The first-order chi connectivity index (χ1) is 8.77. The molecule has 1 aromatic heterocycles. The lowest BCUT2D eigenvalue weighted by molar-refractivity contribution is 0.0948. The number of hydrogen-bond donors (Lipinski definition) is 2. The van der Waals surface area contributed by atoms with E-state index in [0.29, 0.717) is 5.69 Å². The maximum Gasteiger partial charge on any atom is 0.269 e. The molecular weight excluding hydrogens is 226 g/mol. The van der Waals surface area contributed by atoms with Crippen molar-refractivity contribution in [2.75, 3.05) is 18.4 Å². The third-order valence-corrected chi connectivity index (χ3v) is 2.64. The molecule has 0 atom stereocenters. The second kappa shape index (κ2) is 8.50. The Bertz CT molecular complexity index is 349. The standard InChI is InChI=1S/C14H23N3O/c1-3-5-6-10-16-14(18)13-8-7-12(11-17-13)15-9-4-2/h7-8,11,15H,3-6,9-10H2,1-2H3,(H,16,18). The van der Waals surface area contributed by atoms with Crippen molar-refractivity contribution in [2.24, 2.45) is 0 Å². The fraction of sp³-hybridized carbons (Fsp3) is 0.571. The molecule has 0 aliphatic rings.